The summed E-state index contributed by atoms with van der Waals surface area (Å²) in [6.45, 7) is 2.44. The molecule has 0 aromatic carbocycles. The lowest BCUT2D eigenvalue weighted by Gasteiger charge is -2.07. The van der Waals surface area contributed by atoms with Crippen molar-refractivity contribution in [3.63, 3.8) is 0 Å². The standard InChI is InChI=1S/C8H12FN5/c1-2-12-8(14-10)13-7-3-6(9)4-11-5-7/h3-5H,2,10H2,1H3,(H2,12,13,14). The Labute approximate surface area is 81.2 Å². The van der Waals surface area contributed by atoms with E-state index in [1.54, 1.807) is 0 Å². The summed E-state index contributed by atoms with van der Waals surface area (Å²) in [5.74, 6) is 5.15. The van der Waals surface area contributed by atoms with Crippen molar-refractivity contribution in [3.8, 4) is 0 Å². The van der Waals surface area contributed by atoms with Gasteiger partial charge in [-0.05, 0) is 6.92 Å². The van der Waals surface area contributed by atoms with Crippen molar-refractivity contribution in [1.82, 2.24) is 10.4 Å². The number of aromatic nitrogens is 1. The number of nitrogens with two attached hydrogens (primary N) is 1. The Morgan fingerprint density at radius 1 is 1.64 bits per heavy atom. The third-order valence-electron chi connectivity index (χ3n) is 1.42. The highest BCUT2D eigenvalue weighted by molar-refractivity contribution is 5.92. The number of hydrazine groups is 1. The molecular weight excluding hydrogens is 185 g/mol. The Balaban J connectivity index is 2.72. The molecule has 1 rings (SSSR count). The molecule has 0 saturated carbocycles. The maximum atomic E-state index is 12.7. The van der Waals surface area contributed by atoms with Gasteiger partial charge in [-0.2, -0.15) is 0 Å². The molecule has 0 aliphatic rings. The number of pyridine rings is 1. The van der Waals surface area contributed by atoms with Crippen LogP contribution in [0.15, 0.2) is 23.5 Å². The average Bonchev–Trinajstić information content (AvgIpc) is 2.17. The number of nitrogens with one attached hydrogen (secondary N) is 2. The lowest BCUT2D eigenvalue weighted by molar-refractivity contribution is 0.622. The van der Waals surface area contributed by atoms with E-state index in [-0.39, 0.29) is 0 Å². The fraction of sp³-hybridized carbons (Fsp3) is 0.250. The molecule has 0 aliphatic heterocycles. The molecule has 0 radical (unpaired) electrons. The van der Waals surface area contributed by atoms with Crippen LogP contribution in [0.2, 0.25) is 0 Å². The van der Waals surface area contributed by atoms with Crippen LogP contribution in [0.4, 0.5) is 10.1 Å². The SMILES string of the molecule is CCN=C(NN)Nc1cncc(F)c1. The molecule has 0 bridgehead atoms. The third kappa shape index (κ3) is 2.98. The monoisotopic (exact) mass is 197 g/mol. The van der Waals surface area contributed by atoms with Gasteiger partial charge in [0.05, 0.1) is 18.1 Å². The molecule has 0 amide bonds. The molecule has 14 heavy (non-hydrogen) atoms. The van der Waals surface area contributed by atoms with Crippen molar-refractivity contribution in [3.05, 3.63) is 24.3 Å². The lowest BCUT2D eigenvalue weighted by Crippen LogP contribution is -2.36. The first-order valence-corrected chi connectivity index (χ1v) is 4.15. The summed E-state index contributed by atoms with van der Waals surface area (Å²) in [6, 6.07) is 1.30. The maximum absolute atomic E-state index is 12.7. The van der Waals surface area contributed by atoms with E-state index in [9.17, 15) is 4.39 Å². The number of hydrogen-bond donors (Lipinski definition) is 3. The van der Waals surface area contributed by atoms with E-state index < -0.39 is 5.82 Å². The molecular formula is C8H12FN5. The highest BCUT2D eigenvalue weighted by Crippen LogP contribution is 2.05. The second kappa shape index (κ2) is 5.13. The van der Waals surface area contributed by atoms with Gasteiger partial charge in [-0.3, -0.25) is 15.4 Å². The molecule has 1 aromatic heterocycles. The van der Waals surface area contributed by atoms with Crippen LogP contribution in [0.1, 0.15) is 6.92 Å². The molecule has 6 heteroatoms. The molecule has 4 N–H and O–H groups in total. The highest BCUT2D eigenvalue weighted by atomic mass is 19.1. The topological polar surface area (TPSA) is 75.3 Å². The Morgan fingerprint density at radius 2 is 2.43 bits per heavy atom. The first kappa shape index (κ1) is 10.4. The number of hydrogen-bond acceptors (Lipinski definition) is 3. The van der Waals surface area contributed by atoms with Crippen LogP contribution in [-0.4, -0.2) is 17.5 Å². The van der Waals surface area contributed by atoms with Crippen LogP contribution in [0.5, 0.6) is 0 Å². The fourth-order valence-electron chi connectivity index (χ4n) is 0.896. The molecule has 1 heterocycles. The zero-order valence-electron chi connectivity index (χ0n) is 7.79. The summed E-state index contributed by atoms with van der Waals surface area (Å²) >= 11 is 0. The van der Waals surface area contributed by atoms with Crippen molar-refractivity contribution >= 4 is 11.6 Å². The van der Waals surface area contributed by atoms with Gasteiger partial charge in [-0.15, -0.1) is 0 Å². The summed E-state index contributed by atoms with van der Waals surface area (Å²) in [5.41, 5.74) is 2.86. The minimum Gasteiger partial charge on any atom is -0.324 e. The van der Waals surface area contributed by atoms with Crippen LogP contribution < -0.4 is 16.6 Å². The molecule has 5 nitrogen and oxygen atoms in total. The molecule has 1 aromatic rings. The highest BCUT2D eigenvalue weighted by Gasteiger charge is 1.98. The first-order valence-electron chi connectivity index (χ1n) is 4.15. The number of anilines is 1. The van der Waals surface area contributed by atoms with Crippen LogP contribution in [-0.2, 0) is 0 Å². The van der Waals surface area contributed by atoms with Crippen LogP contribution in [0.25, 0.3) is 0 Å². The third-order valence-corrected chi connectivity index (χ3v) is 1.42. The van der Waals surface area contributed by atoms with E-state index in [1.165, 1.54) is 12.3 Å². The number of aliphatic imine (C=N–C) groups is 1. The zero-order chi connectivity index (χ0) is 10.4. The van der Waals surface area contributed by atoms with Crippen molar-refractivity contribution < 1.29 is 4.39 Å². The Morgan fingerprint density at radius 3 is 3.00 bits per heavy atom. The van der Waals surface area contributed by atoms with Gasteiger partial charge in [-0.25, -0.2) is 10.2 Å². The minimum absolute atomic E-state index is 0.375. The molecule has 76 valence electrons. The van der Waals surface area contributed by atoms with Crippen molar-refractivity contribution in [2.75, 3.05) is 11.9 Å². The van der Waals surface area contributed by atoms with Crippen molar-refractivity contribution in [2.45, 2.75) is 6.92 Å². The van der Waals surface area contributed by atoms with Gasteiger partial charge in [0.2, 0.25) is 5.96 Å². The predicted octanol–water partition coefficient (Wildman–Crippen LogP) is 0.472. The van der Waals surface area contributed by atoms with E-state index in [2.05, 4.69) is 20.7 Å². The molecule has 0 spiro atoms. The summed E-state index contributed by atoms with van der Waals surface area (Å²) < 4.78 is 12.7. The fourth-order valence-corrected chi connectivity index (χ4v) is 0.896. The maximum Gasteiger partial charge on any atom is 0.210 e. The van der Waals surface area contributed by atoms with Gasteiger partial charge < -0.3 is 5.32 Å². The average molecular weight is 197 g/mol. The van der Waals surface area contributed by atoms with Crippen LogP contribution >= 0.6 is 0 Å². The summed E-state index contributed by atoms with van der Waals surface area (Å²) in [5, 5.41) is 2.78. The van der Waals surface area contributed by atoms with E-state index in [0.29, 0.717) is 18.2 Å². The van der Waals surface area contributed by atoms with E-state index in [4.69, 9.17) is 5.84 Å². The summed E-state index contributed by atoms with van der Waals surface area (Å²) in [4.78, 5) is 7.66. The molecule has 0 unspecified atom stereocenters. The van der Waals surface area contributed by atoms with Gasteiger partial charge in [-0.1, -0.05) is 0 Å². The minimum atomic E-state index is -0.414. The first-order chi connectivity index (χ1) is 6.76. The van der Waals surface area contributed by atoms with Gasteiger partial charge in [0, 0.05) is 12.6 Å². The van der Waals surface area contributed by atoms with Gasteiger partial charge >= 0.3 is 0 Å². The molecule has 0 saturated heterocycles. The van der Waals surface area contributed by atoms with Gasteiger partial charge in [0.15, 0.2) is 0 Å². The van der Waals surface area contributed by atoms with Crippen LogP contribution in [0, 0.1) is 5.82 Å². The van der Waals surface area contributed by atoms with E-state index >= 15 is 0 Å². The molecule has 0 aliphatic carbocycles. The second-order valence-corrected chi connectivity index (χ2v) is 2.48. The number of halogens is 1. The molecule has 0 atom stereocenters. The van der Waals surface area contributed by atoms with E-state index in [1.807, 2.05) is 6.92 Å². The smallest absolute Gasteiger partial charge is 0.210 e. The van der Waals surface area contributed by atoms with E-state index in [0.717, 1.165) is 6.20 Å². The number of nitrogens with zero attached hydrogens (tertiary/aromatic N) is 2. The Bertz CT molecular complexity index is 325. The second-order valence-electron chi connectivity index (χ2n) is 2.48. The largest absolute Gasteiger partial charge is 0.324 e. The number of guanidine groups is 1. The predicted molar refractivity (Wildman–Crippen MR) is 53.1 cm³/mol. The van der Waals surface area contributed by atoms with Crippen molar-refractivity contribution in [2.24, 2.45) is 10.8 Å². The molecule has 0 fully saturated rings. The van der Waals surface area contributed by atoms with Crippen molar-refractivity contribution in [1.29, 1.82) is 0 Å². The quantitative estimate of drug-likeness (QED) is 0.279. The van der Waals surface area contributed by atoms with Gasteiger partial charge in [0.1, 0.15) is 5.82 Å². The van der Waals surface area contributed by atoms with Crippen LogP contribution in [0.3, 0.4) is 0 Å². The Kier molecular flexibility index (Phi) is 3.81. The summed E-state index contributed by atoms with van der Waals surface area (Å²) in [7, 11) is 0. The zero-order valence-corrected chi connectivity index (χ0v) is 7.79. The number of rotatable bonds is 2. The van der Waals surface area contributed by atoms with Gasteiger partial charge in [0.25, 0.3) is 0 Å². The lowest BCUT2D eigenvalue weighted by atomic mass is 10.4. The Hall–Kier alpha value is -1.69. The normalized spacial score (nSPS) is 11.2. The summed E-state index contributed by atoms with van der Waals surface area (Å²) in [6.07, 6.45) is 2.60.